The third-order valence-electron chi connectivity index (χ3n) is 3.47. The normalized spacial score (nSPS) is 11.8. The molecule has 0 aliphatic rings. The Morgan fingerprint density at radius 1 is 1.20 bits per heavy atom. The first-order valence-electron chi connectivity index (χ1n) is 7.98. The van der Waals surface area contributed by atoms with Crippen LogP contribution in [0.4, 0.5) is 0 Å². The Hall–Kier alpha value is -1.36. The molecule has 0 aliphatic carbocycles. The summed E-state index contributed by atoms with van der Waals surface area (Å²) >= 11 is 13.6. The van der Waals surface area contributed by atoms with Gasteiger partial charge in [0.25, 0.3) is 5.91 Å². The number of nitrogens with one attached hydrogen (secondary N) is 1. The van der Waals surface area contributed by atoms with Crippen LogP contribution in [0.15, 0.2) is 42.5 Å². The van der Waals surface area contributed by atoms with E-state index in [0.29, 0.717) is 22.3 Å². The van der Waals surface area contributed by atoms with Gasteiger partial charge in [-0.15, -0.1) is 0 Å². The van der Waals surface area contributed by atoms with E-state index in [-0.39, 0.29) is 5.91 Å². The van der Waals surface area contributed by atoms with Gasteiger partial charge in [-0.05, 0) is 49.2 Å². The molecule has 0 aliphatic heterocycles. The molecule has 3 nitrogen and oxygen atoms in total. The number of halogens is 2. The standard InChI is InChI=1S/C19H21Cl2NO2S/c1-13-4-3-5-16(10-13)24-14(2)19(23)22-8-9-25-12-15-6-7-17(20)18(21)11-15/h3-7,10-11,14H,8-9,12H2,1-2H3,(H,22,23). The first-order valence-corrected chi connectivity index (χ1v) is 9.89. The highest BCUT2D eigenvalue weighted by molar-refractivity contribution is 7.98. The number of thioether (sulfide) groups is 1. The van der Waals surface area contributed by atoms with Crippen LogP contribution < -0.4 is 10.1 Å². The third kappa shape index (κ3) is 6.81. The molecule has 1 amide bonds. The van der Waals surface area contributed by atoms with Crippen molar-refractivity contribution >= 4 is 40.9 Å². The lowest BCUT2D eigenvalue weighted by molar-refractivity contribution is -0.127. The van der Waals surface area contributed by atoms with Crippen LogP contribution in [-0.4, -0.2) is 24.3 Å². The zero-order chi connectivity index (χ0) is 18.2. The average molecular weight is 398 g/mol. The fourth-order valence-corrected chi connectivity index (χ4v) is 3.28. The van der Waals surface area contributed by atoms with E-state index in [1.165, 1.54) is 0 Å². The van der Waals surface area contributed by atoms with Crippen molar-refractivity contribution in [1.29, 1.82) is 0 Å². The van der Waals surface area contributed by atoms with Gasteiger partial charge in [-0.1, -0.05) is 41.4 Å². The second-order valence-electron chi connectivity index (χ2n) is 5.67. The van der Waals surface area contributed by atoms with Crippen molar-refractivity contribution in [3.8, 4) is 5.75 Å². The Balaban J connectivity index is 1.66. The first kappa shape index (κ1) is 20.0. The maximum absolute atomic E-state index is 12.1. The lowest BCUT2D eigenvalue weighted by atomic mass is 10.2. The van der Waals surface area contributed by atoms with Gasteiger partial charge < -0.3 is 10.1 Å². The van der Waals surface area contributed by atoms with Gasteiger partial charge >= 0.3 is 0 Å². The van der Waals surface area contributed by atoms with Gasteiger partial charge in [-0.2, -0.15) is 11.8 Å². The summed E-state index contributed by atoms with van der Waals surface area (Å²) in [5.41, 5.74) is 2.21. The summed E-state index contributed by atoms with van der Waals surface area (Å²) in [7, 11) is 0. The molecule has 0 fully saturated rings. The van der Waals surface area contributed by atoms with E-state index in [1.807, 2.05) is 43.3 Å². The van der Waals surface area contributed by atoms with Crippen LogP contribution in [-0.2, 0) is 10.5 Å². The largest absolute Gasteiger partial charge is 0.481 e. The van der Waals surface area contributed by atoms with Gasteiger partial charge in [0, 0.05) is 18.1 Å². The monoisotopic (exact) mass is 397 g/mol. The second-order valence-corrected chi connectivity index (χ2v) is 7.59. The summed E-state index contributed by atoms with van der Waals surface area (Å²) < 4.78 is 5.66. The van der Waals surface area contributed by atoms with Gasteiger partial charge in [0.05, 0.1) is 10.0 Å². The Kier molecular flexibility index (Phi) is 7.94. The number of rotatable bonds is 8. The molecule has 25 heavy (non-hydrogen) atoms. The van der Waals surface area contributed by atoms with Gasteiger partial charge in [-0.25, -0.2) is 0 Å². The van der Waals surface area contributed by atoms with Crippen molar-refractivity contribution in [2.75, 3.05) is 12.3 Å². The van der Waals surface area contributed by atoms with Gasteiger partial charge in [0.1, 0.15) is 5.75 Å². The van der Waals surface area contributed by atoms with Crippen LogP contribution in [0.25, 0.3) is 0 Å². The molecule has 134 valence electrons. The molecule has 0 radical (unpaired) electrons. The third-order valence-corrected chi connectivity index (χ3v) is 5.24. The minimum absolute atomic E-state index is 0.114. The zero-order valence-corrected chi connectivity index (χ0v) is 16.5. The lowest BCUT2D eigenvalue weighted by Gasteiger charge is -2.15. The van der Waals surface area contributed by atoms with E-state index in [1.54, 1.807) is 24.8 Å². The number of ether oxygens (including phenoxy) is 1. The van der Waals surface area contributed by atoms with Crippen LogP contribution in [0.3, 0.4) is 0 Å². The quantitative estimate of drug-likeness (QED) is 0.628. The number of amides is 1. The molecule has 0 bridgehead atoms. The summed E-state index contributed by atoms with van der Waals surface area (Å²) in [6.07, 6.45) is -0.526. The van der Waals surface area contributed by atoms with Gasteiger partial charge in [0.2, 0.25) is 0 Å². The number of hydrogen-bond donors (Lipinski definition) is 1. The molecule has 6 heteroatoms. The first-order chi connectivity index (χ1) is 12.0. The number of benzene rings is 2. The molecule has 1 atom stereocenters. The molecule has 2 aromatic carbocycles. The summed E-state index contributed by atoms with van der Waals surface area (Å²) in [5, 5.41) is 4.02. The Labute approximate surface area is 163 Å². The van der Waals surface area contributed by atoms with E-state index in [0.717, 1.165) is 22.6 Å². The topological polar surface area (TPSA) is 38.3 Å². The summed E-state index contributed by atoms with van der Waals surface area (Å²) in [6, 6.07) is 13.3. The van der Waals surface area contributed by atoms with Crippen molar-refractivity contribution in [1.82, 2.24) is 5.32 Å². The molecule has 0 saturated carbocycles. The average Bonchev–Trinajstić information content (AvgIpc) is 2.57. The highest BCUT2D eigenvalue weighted by Crippen LogP contribution is 2.24. The van der Waals surface area contributed by atoms with Crippen molar-refractivity contribution in [3.63, 3.8) is 0 Å². The fourth-order valence-electron chi connectivity index (χ4n) is 2.16. The molecule has 0 heterocycles. The summed E-state index contributed by atoms with van der Waals surface area (Å²) in [4.78, 5) is 12.1. The van der Waals surface area contributed by atoms with E-state index in [2.05, 4.69) is 5.32 Å². The Bertz CT molecular complexity index is 724. The SMILES string of the molecule is Cc1cccc(OC(C)C(=O)NCCSCc2ccc(Cl)c(Cl)c2)c1. The summed E-state index contributed by atoms with van der Waals surface area (Å²) in [5.74, 6) is 2.22. The van der Waals surface area contributed by atoms with Gasteiger partial charge in [-0.3, -0.25) is 4.79 Å². The minimum Gasteiger partial charge on any atom is -0.481 e. The lowest BCUT2D eigenvalue weighted by Crippen LogP contribution is -2.37. The van der Waals surface area contributed by atoms with Crippen LogP contribution >= 0.6 is 35.0 Å². The zero-order valence-electron chi connectivity index (χ0n) is 14.2. The van der Waals surface area contributed by atoms with Crippen LogP contribution in [0, 0.1) is 6.92 Å². The number of aryl methyl sites for hydroxylation is 1. The number of hydrogen-bond acceptors (Lipinski definition) is 3. The predicted molar refractivity (Wildman–Crippen MR) is 107 cm³/mol. The maximum atomic E-state index is 12.1. The van der Waals surface area contributed by atoms with E-state index in [9.17, 15) is 4.79 Å². The van der Waals surface area contributed by atoms with E-state index < -0.39 is 6.10 Å². The van der Waals surface area contributed by atoms with Crippen molar-refractivity contribution in [2.24, 2.45) is 0 Å². The molecular formula is C19H21Cl2NO2S. The second kappa shape index (κ2) is 9.95. The molecule has 2 rings (SSSR count). The highest BCUT2D eigenvalue weighted by atomic mass is 35.5. The molecule has 0 saturated heterocycles. The van der Waals surface area contributed by atoms with Crippen LogP contribution in [0.1, 0.15) is 18.1 Å². The molecule has 0 aromatic heterocycles. The Morgan fingerprint density at radius 3 is 2.72 bits per heavy atom. The molecule has 1 unspecified atom stereocenters. The molecule has 2 aromatic rings. The molecular weight excluding hydrogens is 377 g/mol. The molecule has 1 N–H and O–H groups in total. The van der Waals surface area contributed by atoms with E-state index >= 15 is 0 Å². The van der Waals surface area contributed by atoms with E-state index in [4.69, 9.17) is 27.9 Å². The van der Waals surface area contributed by atoms with Crippen LogP contribution in [0.5, 0.6) is 5.75 Å². The summed E-state index contributed by atoms with van der Waals surface area (Å²) in [6.45, 7) is 4.33. The molecule has 0 spiro atoms. The number of carbonyl (C=O) groups excluding carboxylic acids is 1. The smallest absolute Gasteiger partial charge is 0.260 e. The van der Waals surface area contributed by atoms with Gasteiger partial charge in [0.15, 0.2) is 6.10 Å². The Morgan fingerprint density at radius 2 is 2.00 bits per heavy atom. The van der Waals surface area contributed by atoms with Crippen molar-refractivity contribution in [2.45, 2.75) is 25.7 Å². The maximum Gasteiger partial charge on any atom is 0.260 e. The fraction of sp³-hybridized carbons (Fsp3) is 0.316. The van der Waals surface area contributed by atoms with Crippen molar-refractivity contribution in [3.05, 3.63) is 63.6 Å². The predicted octanol–water partition coefficient (Wildman–Crippen LogP) is 5.12. The number of carbonyl (C=O) groups is 1. The highest BCUT2D eigenvalue weighted by Gasteiger charge is 2.13. The minimum atomic E-state index is -0.526. The van der Waals surface area contributed by atoms with Crippen LogP contribution in [0.2, 0.25) is 10.0 Å². The van der Waals surface area contributed by atoms with Crippen molar-refractivity contribution < 1.29 is 9.53 Å².